The number of rotatable bonds is 9. The molecule has 1 aliphatic carbocycles. The molecule has 0 aliphatic heterocycles. The minimum atomic E-state index is 0.149. The van der Waals surface area contributed by atoms with Crippen LogP contribution >= 0.6 is 0 Å². The third-order valence-electron chi connectivity index (χ3n) is 5.30. The fourth-order valence-corrected chi connectivity index (χ4v) is 3.92. The lowest BCUT2D eigenvalue weighted by molar-refractivity contribution is 0.0491. The molecule has 0 heterocycles. The van der Waals surface area contributed by atoms with Crippen LogP contribution in [0, 0.1) is 0 Å². The Morgan fingerprint density at radius 2 is 1.30 bits per heavy atom. The summed E-state index contributed by atoms with van der Waals surface area (Å²) in [5, 5.41) is 0. The van der Waals surface area contributed by atoms with Crippen molar-refractivity contribution in [2.45, 2.75) is 25.7 Å². The third-order valence-corrected chi connectivity index (χ3v) is 5.30. The smallest absolute Gasteiger partial charge is 0.203 e. The maximum atomic E-state index is 5.75. The molecular weight excluding hydrogens is 384 g/mol. The third kappa shape index (κ3) is 4.49. The fraction of sp³-hybridized carbons (Fsp3) is 0.417. The van der Waals surface area contributed by atoms with Crippen LogP contribution in [-0.2, 0) is 4.74 Å². The Labute approximate surface area is 178 Å². The van der Waals surface area contributed by atoms with Crippen LogP contribution < -0.4 is 23.7 Å². The Hall–Kier alpha value is -2.86. The molecule has 0 N–H and O–H groups in total. The van der Waals surface area contributed by atoms with Gasteiger partial charge >= 0.3 is 0 Å². The summed E-state index contributed by atoms with van der Waals surface area (Å²) in [7, 11) is 8.10. The van der Waals surface area contributed by atoms with Gasteiger partial charge in [-0.05, 0) is 66.6 Å². The number of methoxy groups -OCH3 is 5. The Balaban J connectivity index is 2.18. The minimum absolute atomic E-state index is 0.149. The number of allylic oxidation sites excluding steroid dienone is 1. The Bertz CT molecular complexity index is 870. The van der Waals surface area contributed by atoms with E-state index in [9.17, 15) is 0 Å². The molecular formula is C24H30O6. The molecule has 1 aliphatic rings. The van der Waals surface area contributed by atoms with Crippen molar-refractivity contribution in [2.75, 3.05) is 42.3 Å². The molecule has 6 nitrogen and oxygen atoms in total. The molecule has 162 valence electrons. The Kier molecular flexibility index (Phi) is 7.46. The van der Waals surface area contributed by atoms with Gasteiger partial charge in [0.15, 0.2) is 29.8 Å². The van der Waals surface area contributed by atoms with Gasteiger partial charge in [0.1, 0.15) is 0 Å². The first-order valence-electron chi connectivity index (χ1n) is 9.99. The molecule has 0 radical (unpaired) electrons. The molecule has 0 aromatic heterocycles. The van der Waals surface area contributed by atoms with Crippen molar-refractivity contribution < 1.29 is 28.4 Å². The molecule has 30 heavy (non-hydrogen) atoms. The van der Waals surface area contributed by atoms with E-state index in [0.29, 0.717) is 28.7 Å². The first-order chi connectivity index (χ1) is 14.7. The molecule has 0 saturated heterocycles. The van der Waals surface area contributed by atoms with Gasteiger partial charge < -0.3 is 28.4 Å². The van der Waals surface area contributed by atoms with Gasteiger partial charge in [-0.1, -0.05) is 11.6 Å². The molecule has 1 saturated carbocycles. The van der Waals surface area contributed by atoms with Crippen molar-refractivity contribution in [1.82, 2.24) is 0 Å². The average molecular weight is 414 g/mol. The summed E-state index contributed by atoms with van der Waals surface area (Å²) in [6.45, 7) is 0.149. The maximum absolute atomic E-state index is 5.75. The zero-order valence-electron chi connectivity index (χ0n) is 18.4. The van der Waals surface area contributed by atoms with E-state index < -0.39 is 0 Å². The van der Waals surface area contributed by atoms with Crippen LogP contribution in [0.1, 0.15) is 36.8 Å². The predicted molar refractivity (Wildman–Crippen MR) is 116 cm³/mol. The lowest BCUT2D eigenvalue weighted by Crippen LogP contribution is -2.02. The van der Waals surface area contributed by atoms with Gasteiger partial charge in [-0.25, -0.2) is 0 Å². The van der Waals surface area contributed by atoms with Gasteiger partial charge in [0.05, 0.1) is 28.4 Å². The SMILES string of the molecule is COCOc1cc(C(=C2CCCC2)c2cc(OC)c(OC)c(OC)c2)ccc1OC. The molecule has 0 spiro atoms. The second-order valence-corrected chi connectivity index (χ2v) is 7.02. The van der Waals surface area contributed by atoms with Gasteiger partial charge in [-0.3, -0.25) is 0 Å². The van der Waals surface area contributed by atoms with E-state index in [1.165, 1.54) is 18.4 Å². The van der Waals surface area contributed by atoms with Crippen LogP contribution in [-0.4, -0.2) is 42.3 Å². The summed E-state index contributed by atoms with van der Waals surface area (Å²) < 4.78 is 33.0. The van der Waals surface area contributed by atoms with Crippen LogP contribution in [0.4, 0.5) is 0 Å². The van der Waals surface area contributed by atoms with Crippen molar-refractivity contribution in [2.24, 2.45) is 0 Å². The highest BCUT2D eigenvalue weighted by Gasteiger charge is 2.21. The minimum Gasteiger partial charge on any atom is -0.493 e. The highest BCUT2D eigenvalue weighted by Crippen LogP contribution is 2.44. The van der Waals surface area contributed by atoms with E-state index >= 15 is 0 Å². The van der Waals surface area contributed by atoms with Crippen LogP contribution in [0.5, 0.6) is 28.7 Å². The van der Waals surface area contributed by atoms with Crippen molar-refractivity contribution in [1.29, 1.82) is 0 Å². The molecule has 0 unspecified atom stereocenters. The lowest BCUT2D eigenvalue weighted by atomic mass is 9.91. The normalized spacial score (nSPS) is 13.2. The van der Waals surface area contributed by atoms with E-state index in [1.807, 2.05) is 24.3 Å². The number of hydrogen-bond donors (Lipinski definition) is 0. The van der Waals surface area contributed by atoms with Crippen LogP contribution in [0.15, 0.2) is 35.9 Å². The highest BCUT2D eigenvalue weighted by atomic mass is 16.7. The Morgan fingerprint density at radius 3 is 1.83 bits per heavy atom. The maximum Gasteiger partial charge on any atom is 0.203 e. The molecule has 0 atom stereocenters. The summed E-state index contributed by atoms with van der Waals surface area (Å²) in [5.41, 5.74) is 4.64. The van der Waals surface area contributed by atoms with Crippen molar-refractivity contribution in [3.05, 3.63) is 47.0 Å². The van der Waals surface area contributed by atoms with Gasteiger partial charge in [0.2, 0.25) is 5.75 Å². The first kappa shape index (κ1) is 21.8. The topological polar surface area (TPSA) is 55.4 Å². The van der Waals surface area contributed by atoms with Crippen molar-refractivity contribution in [3.63, 3.8) is 0 Å². The standard InChI is InChI=1S/C24H30O6/c1-25-15-30-20-12-17(10-11-19(20)26-2)23(16-8-6-7-9-16)18-13-21(27-3)24(29-5)22(14-18)28-4/h10-14H,6-9,15H2,1-5H3. The van der Waals surface area contributed by atoms with Crippen LogP contribution in [0.25, 0.3) is 5.57 Å². The van der Waals surface area contributed by atoms with Gasteiger partial charge in [0.25, 0.3) is 0 Å². The molecule has 2 aromatic rings. The summed E-state index contributed by atoms with van der Waals surface area (Å²) in [6.07, 6.45) is 4.50. The second-order valence-electron chi connectivity index (χ2n) is 7.02. The quantitative estimate of drug-likeness (QED) is 0.534. The lowest BCUT2D eigenvalue weighted by Gasteiger charge is -2.19. The average Bonchev–Trinajstić information content (AvgIpc) is 3.31. The Morgan fingerprint density at radius 1 is 0.700 bits per heavy atom. The van der Waals surface area contributed by atoms with Gasteiger partial charge in [0, 0.05) is 7.11 Å². The number of ether oxygens (including phenoxy) is 6. The van der Waals surface area contributed by atoms with Crippen molar-refractivity contribution >= 4 is 5.57 Å². The van der Waals surface area contributed by atoms with Gasteiger partial charge in [-0.15, -0.1) is 0 Å². The molecule has 0 amide bonds. The predicted octanol–water partition coefficient (Wildman–Crippen LogP) is 5.08. The monoisotopic (exact) mass is 414 g/mol. The second kappa shape index (κ2) is 10.3. The van der Waals surface area contributed by atoms with E-state index in [1.54, 1.807) is 35.5 Å². The number of benzene rings is 2. The molecule has 1 fully saturated rings. The number of hydrogen-bond acceptors (Lipinski definition) is 6. The van der Waals surface area contributed by atoms with Crippen LogP contribution in [0.3, 0.4) is 0 Å². The zero-order chi connectivity index (χ0) is 21.5. The van der Waals surface area contributed by atoms with E-state index in [-0.39, 0.29) is 6.79 Å². The molecule has 2 aromatic carbocycles. The largest absolute Gasteiger partial charge is 0.493 e. The van der Waals surface area contributed by atoms with E-state index in [2.05, 4.69) is 6.07 Å². The summed E-state index contributed by atoms with van der Waals surface area (Å²) >= 11 is 0. The summed E-state index contributed by atoms with van der Waals surface area (Å²) in [4.78, 5) is 0. The first-order valence-corrected chi connectivity index (χ1v) is 9.99. The highest BCUT2D eigenvalue weighted by molar-refractivity contribution is 5.85. The molecule has 3 rings (SSSR count). The van der Waals surface area contributed by atoms with E-state index in [0.717, 1.165) is 29.5 Å². The van der Waals surface area contributed by atoms with Crippen molar-refractivity contribution in [3.8, 4) is 28.7 Å². The summed E-state index contributed by atoms with van der Waals surface area (Å²) in [5.74, 6) is 3.15. The van der Waals surface area contributed by atoms with E-state index in [4.69, 9.17) is 28.4 Å². The van der Waals surface area contributed by atoms with Crippen LogP contribution in [0.2, 0.25) is 0 Å². The fourth-order valence-electron chi connectivity index (χ4n) is 3.92. The molecule has 0 bridgehead atoms. The zero-order valence-corrected chi connectivity index (χ0v) is 18.4. The summed E-state index contributed by atoms with van der Waals surface area (Å²) in [6, 6.07) is 9.99. The molecule has 6 heteroatoms. The van der Waals surface area contributed by atoms with Gasteiger partial charge in [-0.2, -0.15) is 0 Å².